The van der Waals surface area contributed by atoms with Gasteiger partial charge in [0, 0.05) is 31.1 Å². The molecule has 0 aliphatic carbocycles. The van der Waals surface area contributed by atoms with Crippen LogP contribution >= 0.6 is 0 Å². The molecule has 0 saturated carbocycles. The van der Waals surface area contributed by atoms with E-state index in [2.05, 4.69) is 9.88 Å². The predicted octanol–water partition coefficient (Wildman–Crippen LogP) is 2.55. The van der Waals surface area contributed by atoms with Gasteiger partial charge < -0.3 is 14.4 Å². The van der Waals surface area contributed by atoms with E-state index in [1.54, 1.807) is 13.3 Å². The number of halogens is 1. The van der Waals surface area contributed by atoms with Crippen LogP contribution < -0.4 is 9.47 Å². The van der Waals surface area contributed by atoms with Gasteiger partial charge >= 0.3 is 0 Å². The molecule has 2 saturated heterocycles. The van der Waals surface area contributed by atoms with E-state index in [0.29, 0.717) is 18.8 Å². The second-order valence-electron chi connectivity index (χ2n) is 7.78. The number of carbonyl (C=O) groups is 1. The van der Waals surface area contributed by atoms with Gasteiger partial charge in [0.05, 0.1) is 26.3 Å². The lowest BCUT2D eigenvalue weighted by Gasteiger charge is -2.33. The number of pyridine rings is 1. The zero-order valence-electron chi connectivity index (χ0n) is 17.0. The number of hydrogen-bond acceptors (Lipinski definition) is 6. The van der Waals surface area contributed by atoms with Crippen molar-refractivity contribution in [1.82, 2.24) is 14.8 Å². The summed E-state index contributed by atoms with van der Waals surface area (Å²) < 4.78 is 25.2. The maximum absolute atomic E-state index is 13.6. The Balaban J connectivity index is 1.34. The molecule has 4 rings (SSSR count). The Kier molecular flexibility index (Phi) is 6.00. The van der Waals surface area contributed by atoms with Gasteiger partial charge in [0.1, 0.15) is 35.3 Å². The third kappa shape index (κ3) is 4.17. The number of piperidine rings is 1. The number of para-hydroxylation sites is 1. The van der Waals surface area contributed by atoms with Gasteiger partial charge in [-0.2, -0.15) is 5.26 Å². The van der Waals surface area contributed by atoms with Crippen LogP contribution in [0, 0.1) is 11.3 Å². The van der Waals surface area contributed by atoms with Gasteiger partial charge in [0.15, 0.2) is 0 Å². The third-order valence-electron chi connectivity index (χ3n) is 5.82. The van der Waals surface area contributed by atoms with Gasteiger partial charge in [-0.05, 0) is 31.0 Å². The minimum absolute atomic E-state index is 0.0230. The van der Waals surface area contributed by atoms with E-state index in [4.69, 9.17) is 14.7 Å². The number of nitriles is 1. The molecule has 1 amide bonds. The maximum atomic E-state index is 13.6. The van der Waals surface area contributed by atoms with Crippen molar-refractivity contribution in [2.24, 2.45) is 0 Å². The fourth-order valence-corrected chi connectivity index (χ4v) is 4.22. The van der Waals surface area contributed by atoms with Crippen LogP contribution in [-0.4, -0.2) is 72.3 Å². The Labute approximate surface area is 175 Å². The monoisotopic (exact) mass is 412 g/mol. The first-order valence-corrected chi connectivity index (χ1v) is 10.2. The summed E-state index contributed by atoms with van der Waals surface area (Å²) in [5.74, 6) is 1.31. The number of rotatable bonds is 5. The molecule has 1 aromatic carbocycles. The molecule has 1 aromatic heterocycles. The van der Waals surface area contributed by atoms with Crippen LogP contribution in [0.1, 0.15) is 19.3 Å². The fraction of sp³-hybridized carbons (Fsp3) is 0.500. The number of nitrogens with zero attached hydrogens (tertiary/aromatic N) is 4. The van der Waals surface area contributed by atoms with Gasteiger partial charge in [0.2, 0.25) is 5.91 Å². The number of alkyl halides is 1. The molecule has 0 N–H and O–H groups in total. The van der Waals surface area contributed by atoms with Crippen LogP contribution in [0.25, 0.3) is 10.9 Å². The lowest BCUT2D eigenvalue weighted by Crippen LogP contribution is -2.46. The van der Waals surface area contributed by atoms with Crippen LogP contribution in [0.15, 0.2) is 30.5 Å². The summed E-state index contributed by atoms with van der Waals surface area (Å²) in [7, 11) is 1.62. The molecule has 158 valence electrons. The average Bonchev–Trinajstić information content (AvgIpc) is 3.16. The lowest BCUT2D eigenvalue weighted by molar-refractivity contribution is -0.133. The first-order chi connectivity index (χ1) is 14.6. The van der Waals surface area contributed by atoms with Crippen LogP contribution in [0.3, 0.4) is 0 Å². The highest BCUT2D eigenvalue weighted by Gasteiger charge is 2.36. The number of amides is 1. The van der Waals surface area contributed by atoms with Gasteiger partial charge in [-0.3, -0.25) is 14.7 Å². The highest BCUT2D eigenvalue weighted by molar-refractivity contribution is 5.89. The van der Waals surface area contributed by atoms with Crippen LogP contribution in [0.5, 0.6) is 11.5 Å². The van der Waals surface area contributed by atoms with Crippen molar-refractivity contribution in [3.63, 3.8) is 0 Å². The lowest BCUT2D eigenvalue weighted by atomic mass is 10.1. The molecule has 2 aromatic rings. The van der Waals surface area contributed by atoms with Crippen molar-refractivity contribution in [1.29, 1.82) is 5.26 Å². The third-order valence-corrected chi connectivity index (χ3v) is 5.82. The van der Waals surface area contributed by atoms with Crippen molar-refractivity contribution in [3.05, 3.63) is 30.5 Å². The maximum Gasteiger partial charge on any atom is 0.237 e. The van der Waals surface area contributed by atoms with Crippen molar-refractivity contribution in [3.8, 4) is 17.6 Å². The number of carbonyl (C=O) groups excluding carboxylic acids is 1. The number of ether oxygens (including phenoxy) is 2. The summed E-state index contributed by atoms with van der Waals surface area (Å²) in [5, 5.41) is 10.0. The quantitative estimate of drug-likeness (QED) is 0.751. The minimum Gasteiger partial charge on any atom is -0.494 e. The Hall–Kier alpha value is -2.92. The highest BCUT2D eigenvalue weighted by atomic mass is 19.1. The fourth-order valence-electron chi connectivity index (χ4n) is 4.22. The molecule has 3 heterocycles. The topological polar surface area (TPSA) is 78.7 Å². The van der Waals surface area contributed by atoms with Crippen molar-refractivity contribution < 1.29 is 18.7 Å². The van der Waals surface area contributed by atoms with Gasteiger partial charge in [0.25, 0.3) is 0 Å². The molecule has 8 heteroatoms. The number of benzene rings is 1. The number of fused-ring (bicyclic) bond motifs is 1. The molecule has 2 fully saturated rings. The summed E-state index contributed by atoms with van der Waals surface area (Å²) in [5.41, 5.74) is 0.768. The largest absolute Gasteiger partial charge is 0.494 e. The molecule has 0 bridgehead atoms. The summed E-state index contributed by atoms with van der Waals surface area (Å²) in [4.78, 5) is 20.4. The van der Waals surface area contributed by atoms with E-state index in [0.717, 1.165) is 29.5 Å². The number of methoxy groups -OCH3 is 1. The second-order valence-corrected chi connectivity index (χ2v) is 7.78. The molecular weight excluding hydrogens is 387 g/mol. The normalized spacial score (nSPS) is 22.8. The molecule has 2 aliphatic rings. The summed E-state index contributed by atoms with van der Waals surface area (Å²) in [6.07, 6.45) is 2.34. The van der Waals surface area contributed by atoms with E-state index in [1.807, 2.05) is 30.3 Å². The summed E-state index contributed by atoms with van der Waals surface area (Å²) >= 11 is 0. The Bertz CT molecular complexity index is 955. The standard InChI is InChI=1S/C22H25FN4O3/c1-29-20-4-2-3-18-19(5-8-25-22(18)20)30-17-6-9-26(10-7-17)14-21(28)27-13-15(23)11-16(27)12-24/h2-5,8,15-17H,6-7,9-11,13-14H2,1H3/t15-,16-/m0/s1. The molecule has 0 radical (unpaired) electrons. The number of likely N-dealkylation sites (tertiary alicyclic amines) is 2. The molecular formula is C22H25FN4O3. The van der Waals surface area contributed by atoms with Gasteiger partial charge in [-0.25, -0.2) is 4.39 Å². The highest BCUT2D eigenvalue weighted by Crippen LogP contribution is 2.31. The van der Waals surface area contributed by atoms with Crippen LogP contribution in [-0.2, 0) is 4.79 Å². The minimum atomic E-state index is -1.11. The first kappa shape index (κ1) is 20.4. The zero-order chi connectivity index (χ0) is 21.1. The smallest absolute Gasteiger partial charge is 0.237 e. The van der Waals surface area contributed by atoms with E-state index in [1.165, 1.54) is 4.90 Å². The number of aromatic nitrogens is 1. The van der Waals surface area contributed by atoms with Gasteiger partial charge in [-0.1, -0.05) is 6.07 Å². The molecule has 7 nitrogen and oxygen atoms in total. The summed E-state index contributed by atoms with van der Waals surface area (Å²) in [6, 6.07) is 9.00. The molecule has 2 aliphatic heterocycles. The van der Waals surface area contributed by atoms with Crippen molar-refractivity contribution >= 4 is 16.8 Å². The van der Waals surface area contributed by atoms with E-state index >= 15 is 0 Å². The van der Waals surface area contributed by atoms with E-state index < -0.39 is 12.2 Å². The number of hydrogen-bond donors (Lipinski definition) is 0. The van der Waals surface area contributed by atoms with Crippen LogP contribution in [0.2, 0.25) is 0 Å². The van der Waals surface area contributed by atoms with Gasteiger partial charge in [-0.15, -0.1) is 0 Å². The van der Waals surface area contributed by atoms with Crippen molar-refractivity contribution in [2.45, 2.75) is 37.6 Å². The zero-order valence-corrected chi connectivity index (χ0v) is 17.0. The van der Waals surface area contributed by atoms with Crippen LogP contribution in [0.4, 0.5) is 4.39 Å². The Morgan fingerprint density at radius 3 is 2.83 bits per heavy atom. The first-order valence-electron chi connectivity index (χ1n) is 10.2. The molecule has 30 heavy (non-hydrogen) atoms. The molecule has 0 unspecified atom stereocenters. The Morgan fingerprint density at radius 2 is 2.10 bits per heavy atom. The second kappa shape index (κ2) is 8.84. The molecule has 2 atom stereocenters. The predicted molar refractivity (Wildman–Crippen MR) is 109 cm³/mol. The van der Waals surface area contributed by atoms with E-state index in [-0.39, 0.29) is 31.5 Å². The Morgan fingerprint density at radius 1 is 1.30 bits per heavy atom. The van der Waals surface area contributed by atoms with E-state index in [9.17, 15) is 9.18 Å². The van der Waals surface area contributed by atoms with Crippen molar-refractivity contribution in [2.75, 3.05) is 33.3 Å². The SMILES string of the molecule is COc1cccc2c(OC3CCN(CC(=O)N4C[C@@H](F)C[C@H]4C#N)CC3)ccnc12. The average molecular weight is 412 g/mol. The molecule has 0 spiro atoms. The summed E-state index contributed by atoms with van der Waals surface area (Å²) in [6.45, 7) is 1.67.